The van der Waals surface area contributed by atoms with Crippen molar-refractivity contribution in [3.63, 3.8) is 0 Å². The van der Waals surface area contributed by atoms with Crippen LogP contribution in [0.2, 0.25) is 0 Å². The lowest BCUT2D eigenvalue weighted by molar-refractivity contribution is -0.127. The van der Waals surface area contributed by atoms with Crippen LogP contribution < -0.4 is 10.9 Å². The molecule has 2 N–H and O–H groups in total. The van der Waals surface area contributed by atoms with Crippen LogP contribution in [0.4, 0.5) is 0 Å². The summed E-state index contributed by atoms with van der Waals surface area (Å²) < 4.78 is 0. The van der Waals surface area contributed by atoms with E-state index in [0.29, 0.717) is 35.8 Å². The number of nitrogens with one attached hydrogen (secondary N) is 2. The third kappa shape index (κ3) is 2.97. The largest absolute Gasteiger partial charge is 0.347 e. The van der Waals surface area contributed by atoms with Crippen molar-refractivity contribution in [2.24, 2.45) is 0 Å². The summed E-state index contributed by atoms with van der Waals surface area (Å²) in [7, 11) is 0. The molecule has 3 rings (SSSR count). The Morgan fingerprint density at radius 1 is 1.30 bits per heavy atom. The monoisotopic (exact) mass is 313 g/mol. The zero-order valence-corrected chi connectivity index (χ0v) is 13.0. The fraction of sp³-hybridized carbons (Fsp3) is 0.353. The van der Waals surface area contributed by atoms with E-state index >= 15 is 0 Å². The first kappa shape index (κ1) is 15.3. The summed E-state index contributed by atoms with van der Waals surface area (Å²) in [5.41, 5.74) is 0.198. The van der Waals surface area contributed by atoms with E-state index in [1.165, 1.54) is 6.20 Å². The highest BCUT2D eigenvalue weighted by Crippen LogP contribution is 2.16. The maximum Gasteiger partial charge on any atom is 0.255 e. The van der Waals surface area contributed by atoms with Crippen LogP contribution in [0.3, 0.4) is 0 Å². The van der Waals surface area contributed by atoms with Crippen molar-refractivity contribution in [2.75, 3.05) is 13.1 Å². The average Bonchev–Trinajstić information content (AvgIpc) is 2.88. The Bertz CT molecular complexity index is 812. The van der Waals surface area contributed by atoms with Crippen molar-refractivity contribution < 1.29 is 9.59 Å². The van der Waals surface area contributed by atoms with Gasteiger partial charge in [-0.15, -0.1) is 0 Å². The van der Waals surface area contributed by atoms with E-state index in [4.69, 9.17) is 0 Å². The number of rotatable bonds is 4. The van der Waals surface area contributed by atoms with E-state index in [0.717, 1.165) is 6.42 Å². The van der Waals surface area contributed by atoms with Gasteiger partial charge in [0.2, 0.25) is 5.91 Å². The van der Waals surface area contributed by atoms with Gasteiger partial charge in [0, 0.05) is 36.5 Å². The number of H-pyrrole nitrogens is 1. The highest BCUT2D eigenvalue weighted by molar-refractivity contribution is 6.06. The van der Waals surface area contributed by atoms with Crippen LogP contribution in [0.15, 0.2) is 35.3 Å². The third-order valence-electron chi connectivity index (χ3n) is 4.10. The number of carbonyl (C=O) groups is 2. The number of hydrogen-bond donors (Lipinski definition) is 2. The van der Waals surface area contributed by atoms with Gasteiger partial charge in [-0.2, -0.15) is 0 Å². The second-order valence-corrected chi connectivity index (χ2v) is 5.79. The first-order valence-corrected chi connectivity index (χ1v) is 7.79. The minimum absolute atomic E-state index is 0.0727. The molecule has 0 unspecified atom stereocenters. The molecule has 2 heterocycles. The molecule has 23 heavy (non-hydrogen) atoms. The second-order valence-electron chi connectivity index (χ2n) is 5.79. The van der Waals surface area contributed by atoms with E-state index in [9.17, 15) is 14.4 Å². The minimum Gasteiger partial charge on any atom is -0.347 e. The summed E-state index contributed by atoms with van der Waals surface area (Å²) >= 11 is 0. The molecule has 0 bridgehead atoms. The van der Waals surface area contributed by atoms with Crippen LogP contribution in [-0.2, 0) is 4.79 Å². The third-order valence-corrected chi connectivity index (χ3v) is 4.10. The molecule has 0 radical (unpaired) electrons. The van der Waals surface area contributed by atoms with Crippen molar-refractivity contribution >= 4 is 22.6 Å². The Kier molecular flexibility index (Phi) is 4.14. The fourth-order valence-electron chi connectivity index (χ4n) is 3.02. The van der Waals surface area contributed by atoms with Crippen LogP contribution in [0, 0.1) is 0 Å². The van der Waals surface area contributed by atoms with E-state index in [-0.39, 0.29) is 23.4 Å². The zero-order valence-electron chi connectivity index (χ0n) is 13.0. The molecule has 0 saturated carbocycles. The summed E-state index contributed by atoms with van der Waals surface area (Å²) in [6.07, 6.45) is 2.66. The molecule has 6 heteroatoms. The Morgan fingerprint density at radius 2 is 2.04 bits per heavy atom. The van der Waals surface area contributed by atoms with Gasteiger partial charge in [0.25, 0.3) is 11.5 Å². The minimum atomic E-state index is -0.270. The standard InChI is InChI=1S/C17H19N3O3/c1-2-7-20-10-11(8-15(20)21)19-17(23)14-9-18-16(22)13-6-4-3-5-12(13)14/h3-6,9,11H,2,7-8,10H2,1H3,(H,18,22)(H,19,23)/t11-/m0/s1. The molecule has 1 aliphatic heterocycles. The van der Waals surface area contributed by atoms with Crippen LogP contribution in [0.1, 0.15) is 30.1 Å². The number of fused-ring (bicyclic) bond motifs is 1. The summed E-state index contributed by atoms with van der Waals surface area (Å²) in [4.78, 5) is 40.6. The maximum atomic E-state index is 12.5. The van der Waals surface area contributed by atoms with E-state index < -0.39 is 0 Å². The van der Waals surface area contributed by atoms with Gasteiger partial charge in [-0.25, -0.2) is 0 Å². The van der Waals surface area contributed by atoms with Crippen molar-refractivity contribution in [3.8, 4) is 0 Å². The molecule has 1 aliphatic rings. The molecule has 1 fully saturated rings. The van der Waals surface area contributed by atoms with Gasteiger partial charge in [-0.3, -0.25) is 14.4 Å². The van der Waals surface area contributed by atoms with Crippen LogP contribution in [-0.4, -0.2) is 40.8 Å². The normalized spacial score (nSPS) is 17.7. The van der Waals surface area contributed by atoms with Crippen LogP contribution >= 0.6 is 0 Å². The number of likely N-dealkylation sites (tertiary alicyclic amines) is 1. The number of benzene rings is 1. The quantitative estimate of drug-likeness (QED) is 0.892. The van der Waals surface area contributed by atoms with E-state index in [1.807, 2.05) is 6.92 Å². The number of pyridine rings is 1. The molecule has 1 saturated heterocycles. The van der Waals surface area contributed by atoms with Gasteiger partial charge in [-0.1, -0.05) is 25.1 Å². The second kappa shape index (κ2) is 6.24. The molecule has 1 atom stereocenters. The van der Waals surface area contributed by atoms with Gasteiger partial charge in [0.1, 0.15) is 0 Å². The number of carbonyl (C=O) groups excluding carboxylic acids is 2. The van der Waals surface area contributed by atoms with Crippen molar-refractivity contribution in [1.82, 2.24) is 15.2 Å². The summed E-state index contributed by atoms with van der Waals surface area (Å²) in [6.45, 7) is 3.28. The molecule has 2 aromatic rings. The smallest absolute Gasteiger partial charge is 0.255 e. The Labute approximate surface area is 133 Å². The molecule has 0 aliphatic carbocycles. The number of aromatic amines is 1. The maximum absolute atomic E-state index is 12.5. The summed E-state index contributed by atoms with van der Waals surface area (Å²) in [5.74, 6) is -0.197. The molecule has 2 amide bonds. The molecular weight excluding hydrogens is 294 g/mol. The SMILES string of the molecule is CCCN1C[C@@H](NC(=O)c2c[nH]c(=O)c3ccccc23)CC1=O. The highest BCUT2D eigenvalue weighted by Gasteiger charge is 2.30. The average molecular weight is 313 g/mol. The van der Waals surface area contributed by atoms with E-state index in [2.05, 4.69) is 10.3 Å². The molecule has 1 aromatic carbocycles. The number of amides is 2. The van der Waals surface area contributed by atoms with Gasteiger partial charge in [-0.05, 0) is 12.5 Å². The van der Waals surface area contributed by atoms with Gasteiger partial charge in [0.05, 0.1) is 11.6 Å². The van der Waals surface area contributed by atoms with Crippen LogP contribution in [0.5, 0.6) is 0 Å². The van der Waals surface area contributed by atoms with Crippen molar-refractivity contribution in [1.29, 1.82) is 0 Å². The summed E-state index contributed by atoms with van der Waals surface area (Å²) in [5, 5.41) is 4.00. The number of aromatic nitrogens is 1. The molecular formula is C17H19N3O3. The van der Waals surface area contributed by atoms with Crippen molar-refractivity contribution in [2.45, 2.75) is 25.8 Å². The first-order valence-electron chi connectivity index (χ1n) is 7.79. The highest BCUT2D eigenvalue weighted by atomic mass is 16.2. The number of nitrogens with zero attached hydrogens (tertiary/aromatic N) is 1. The topological polar surface area (TPSA) is 82.3 Å². The Balaban J connectivity index is 1.81. The number of hydrogen-bond acceptors (Lipinski definition) is 3. The van der Waals surface area contributed by atoms with E-state index in [1.54, 1.807) is 29.2 Å². The molecule has 6 nitrogen and oxygen atoms in total. The zero-order chi connectivity index (χ0) is 16.4. The van der Waals surface area contributed by atoms with Gasteiger partial charge in [0.15, 0.2) is 0 Å². The predicted octanol–water partition coefficient (Wildman–Crippen LogP) is 1.27. The predicted molar refractivity (Wildman–Crippen MR) is 87.3 cm³/mol. The molecule has 1 aromatic heterocycles. The van der Waals surface area contributed by atoms with Gasteiger partial charge < -0.3 is 15.2 Å². The van der Waals surface area contributed by atoms with Crippen molar-refractivity contribution in [3.05, 3.63) is 46.4 Å². The Hall–Kier alpha value is -2.63. The lowest BCUT2D eigenvalue weighted by Gasteiger charge is -2.16. The van der Waals surface area contributed by atoms with Gasteiger partial charge >= 0.3 is 0 Å². The summed E-state index contributed by atoms with van der Waals surface area (Å²) in [6, 6.07) is 6.81. The lowest BCUT2D eigenvalue weighted by atomic mass is 10.1. The lowest BCUT2D eigenvalue weighted by Crippen LogP contribution is -2.37. The first-order chi connectivity index (χ1) is 11.1. The Morgan fingerprint density at radius 3 is 2.78 bits per heavy atom. The molecule has 0 spiro atoms. The molecule has 120 valence electrons. The fourth-order valence-corrected chi connectivity index (χ4v) is 3.02. The van der Waals surface area contributed by atoms with Crippen LogP contribution in [0.25, 0.3) is 10.8 Å².